The largest absolute Gasteiger partial charge is 0.448 e. The third-order valence-corrected chi connectivity index (χ3v) is 10.5. The summed E-state index contributed by atoms with van der Waals surface area (Å²) in [6, 6.07) is 43.9. The molecule has 1 heterocycles. The van der Waals surface area contributed by atoms with Crippen molar-refractivity contribution in [2.24, 2.45) is 5.92 Å². The number of benzene rings is 5. The number of hydrogen-bond acceptors (Lipinski definition) is 5. The summed E-state index contributed by atoms with van der Waals surface area (Å²) in [6.07, 6.45) is 0.516. The summed E-state index contributed by atoms with van der Waals surface area (Å²) in [4.78, 5) is 45.7. The molecule has 264 valence electrons. The highest BCUT2D eigenvalue weighted by Gasteiger charge is 2.46. The van der Waals surface area contributed by atoms with E-state index < -0.39 is 29.7 Å². The number of ether oxygens (including phenoxy) is 2. The molecule has 5 aromatic rings. The molecule has 1 fully saturated rings. The van der Waals surface area contributed by atoms with Crippen LogP contribution in [0, 0.1) is 5.92 Å². The Labute approximate surface area is 305 Å². The zero-order valence-electron chi connectivity index (χ0n) is 29.9. The van der Waals surface area contributed by atoms with Gasteiger partial charge in [0.1, 0.15) is 18.7 Å². The van der Waals surface area contributed by atoms with E-state index in [1.807, 2.05) is 129 Å². The van der Waals surface area contributed by atoms with Crippen molar-refractivity contribution < 1.29 is 23.9 Å². The summed E-state index contributed by atoms with van der Waals surface area (Å²) in [6.45, 7) is 4.35. The third kappa shape index (κ3) is 6.36. The lowest BCUT2D eigenvalue weighted by Gasteiger charge is -2.38. The maximum atomic E-state index is 14.5. The van der Waals surface area contributed by atoms with Gasteiger partial charge in [-0.05, 0) is 41.0 Å². The number of hydrogen-bond donors (Lipinski definition) is 0. The molecule has 1 aliphatic carbocycles. The Morgan fingerprint density at radius 3 is 1.65 bits per heavy atom. The van der Waals surface area contributed by atoms with E-state index in [1.54, 1.807) is 11.9 Å². The average molecular weight is 693 g/mol. The second-order valence-corrected chi connectivity index (χ2v) is 14.0. The van der Waals surface area contributed by atoms with Gasteiger partial charge in [-0.2, -0.15) is 0 Å². The zero-order valence-corrected chi connectivity index (χ0v) is 29.9. The molecular weight excluding hydrogens is 649 g/mol. The fourth-order valence-electron chi connectivity index (χ4n) is 8.07. The molecule has 1 aliphatic heterocycles. The smallest absolute Gasteiger partial charge is 0.410 e. The van der Waals surface area contributed by atoms with Crippen molar-refractivity contribution in [2.45, 2.75) is 50.3 Å². The topological polar surface area (TPSA) is 76.2 Å². The monoisotopic (exact) mass is 692 g/mol. The van der Waals surface area contributed by atoms with Crippen LogP contribution < -0.4 is 0 Å². The lowest BCUT2D eigenvalue weighted by molar-refractivity contribution is -0.163. The molecule has 0 saturated carbocycles. The van der Waals surface area contributed by atoms with Crippen LogP contribution in [0.5, 0.6) is 0 Å². The number of likely N-dealkylation sites (tertiary alicyclic amines) is 1. The molecule has 0 radical (unpaired) electrons. The quantitative estimate of drug-likeness (QED) is 0.109. The average Bonchev–Trinajstić information content (AvgIpc) is 3.81. The third-order valence-electron chi connectivity index (χ3n) is 10.5. The van der Waals surface area contributed by atoms with E-state index in [2.05, 4.69) is 24.3 Å². The molecule has 0 unspecified atom stereocenters. The van der Waals surface area contributed by atoms with Gasteiger partial charge in [-0.25, -0.2) is 9.59 Å². The van der Waals surface area contributed by atoms with E-state index in [0.29, 0.717) is 19.4 Å². The molecule has 0 N–H and O–H groups in total. The first-order valence-electron chi connectivity index (χ1n) is 18.1. The molecule has 0 aromatic heterocycles. The van der Waals surface area contributed by atoms with Crippen molar-refractivity contribution in [3.05, 3.63) is 167 Å². The Kier molecular flexibility index (Phi) is 9.95. The van der Waals surface area contributed by atoms with Gasteiger partial charge in [-0.3, -0.25) is 9.69 Å². The zero-order chi connectivity index (χ0) is 36.2. The number of carbonyl (C=O) groups is 3. The van der Waals surface area contributed by atoms with Crippen LogP contribution in [0.3, 0.4) is 0 Å². The number of fused-ring (bicyclic) bond motifs is 3. The summed E-state index contributed by atoms with van der Waals surface area (Å²) in [5.74, 6) is -1.13. The number of esters is 1. The summed E-state index contributed by atoms with van der Waals surface area (Å²) in [5.41, 5.74) is 5.66. The second-order valence-electron chi connectivity index (χ2n) is 14.0. The second kappa shape index (κ2) is 14.9. The predicted molar refractivity (Wildman–Crippen MR) is 201 cm³/mol. The molecule has 7 heteroatoms. The van der Waals surface area contributed by atoms with Crippen LogP contribution in [0.1, 0.15) is 60.4 Å². The summed E-state index contributed by atoms with van der Waals surface area (Å²) in [7, 11) is 1.61. The minimum absolute atomic E-state index is 0.102. The first-order chi connectivity index (χ1) is 25.3. The first-order valence-corrected chi connectivity index (χ1v) is 18.1. The van der Waals surface area contributed by atoms with Gasteiger partial charge in [0, 0.05) is 36.2 Å². The molecule has 2 amide bonds. The molecule has 7 rings (SSSR count). The Hall–Kier alpha value is -5.69. The number of rotatable bonds is 10. The summed E-state index contributed by atoms with van der Waals surface area (Å²) >= 11 is 0. The van der Waals surface area contributed by atoms with Crippen molar-refractivity contribution >= 4 is 18.0 Å². The van der Waals surface area contributed by atoms with Gasteiger partial charge in [-0.15, -0.1) is 0 Å². The molecule has 0 bridgehead atoms. The molecular formula is C45H44N2O5. The number of nitrogens with zero attached hydrogens (tertiary/aromatic N) is 2. The highest BCUT2D eigenvalue weighted by Crippen LogP contribution is 2.45. The number of carbonyl (C=O) groups excluding carboxylic acids is 3. The Morgan fingerprint density at radius 2 is 1.17 bits per heavy atom. The van der Waals surface area contributed by atoms with Crippen LogP contribution in [0.25, 0.3) is 11.1 Å². The maximum Gasteiger partial charge on any atom is 0.410 e. The first kappa shape index (κ1) is 34.7. The molecule has 2 atom stereocenters. The fourth-order valence-corrected chi connectivity index (χ4v) is 8.07. The standard InChI is InChI=1S/C45H44N2O5/c1-31(2)41(46(3)44(50)51-30-39-37-26-15-13-24-35(37)36-25-14-16-27-38(36)39)42(48)47-29-17-28-40(47)43(49)52-45(32-18-7-4-8-19-32,33-20-9-5-10-21-33)34-22-11-6-12-23-34/h4-16,18-27,31,39-41H,17,28-30H2,1-3H3/t40-,41-/m0/s1. The van der Waals surface area contributed by atoms with E-state index in [9.17, 15) is 14.4 Å². The van der Waals surface area contributed by atoms with E-state index in [-0.39, 0.29) is 24.3 Å². The number of likely N-dealkylation sites (N-methyl/N-ethyl adjacent to an activating group) is 1. The fraction of sp³-hybridized carbons (Fsp3) is 0.267. The minimum atomic E-state index is -1.26. The molecule has 1 saturated heterocycles. The Bertz CT molecular complexity index is 1890. The maximum absolute atomic E-state index is 14.5. The molecule has 7 nitrogen and oxygen atoms in total. The van der Waals surface area contributed by atoms with Gasteiger partial charge in [-0.1, -0.05) is 153 Å². The minimum Gasteiger partial charge on any atom is -0.448 e. The molecule has 52 heavy (non-hydrogen) atoms. The van der Waals surface area contributed by atoms with Crippen molar-refractivity contribution in [1.29, 1.82) is 0 Å². The summed E-state index contributed by atoms with van der Waals surface area (Å²) < 4.78 is 12.7. The summed E-state index contributed by atoms with van der Waals surface area (Å²) in [5, 5.41) is 0. The number of amides is 2. The van der Waals surface area contributed by atoms with E-state index in [1.165, 1.54) is 4.90 Å². The highest BCUT2D eigenvalue weighted by atomic mass is 16.6. The normalized spacial score (nSPS) is 15.8. The van der Waals surface area contributed by atoms with Gasteiger partial charge >= 0.3 is 12.1 Å². The van der Waals surface area contributed by atoms with E-state index in [4.69, 9.17) is 9.47 Å². The van der Waals surface area contributed by atoms with Gasteiger partial charge in [0.25, 0.3) is 0 Å². The Morgan fingerprint density at radius 1 is 0.712 bits per heavy atom. The van der Waals surface area contributed by atoms with Gasteiger partial charge in [0.05, 0.1) is 0 Å². The van der Waals surface area contributed by atoms with Gasteiger partial charge in [0.2, 0.25) is 5.91 Å². The lowest BCUT2D eigenvalue weighted by atomic mass is 9.80. The van der Waals surface area contributed by atoms with Crippen molar-refractivity contribution in [1.82, 2.24) is 9.80 Å². The SMILES string of the molecule is CC(C)[C@@H](C(=O)N1CCC[C@H]1C(=O)OC(c1ccccc1)(c1ccccc1)c1ccccc1)N(C)C(=O)OCC1c2ccccc2-c2ccccc21. The van der Waals surface area contributed by atoms with Crippen molar-refractivity contribution in [3.63, 3.8) is 0 Å². The van der Waals surface area contributed by atoms with Crippen LogP contribution >= 0.6 is 0 Å². The van der Waals surface area contributed by atoms with Crippen LogP contribution in [-0.2, 0) is 24.7 Å². The van der Waals surface area contributed by atoms with Crippen LogP contribution in [-0.4, -0.2) is 60.1 Å². The molecule has 0 spiro atoms. The van der Waals surface area contributed by atoms with E-state index in [0.717, 1.165) is 38.9 Å². The van der Waals surface area contributed by atoms with Gasteiger partial charge in [0.15, 0.2) is 5.60 Å². The van der Waals surface area contributed by atoms with Crippen LogP contribution in [0.15, 0.2) is 140 Å². The molecule has 2 aliphatic rings. The van der Waals surface area contributed by atoms with Crippen molar-refractivity contribution in [3.8, 4) is 11.1 Å². The lowest BCUT2D eigenvalue weighted by Crippen LogP contribution is -2.55. The van der Waals surface area contributed by atoms with Gasteiger partial charge < -0.3 is 14.4 Å². The van der Waals surface area contributed by atoms with Crippen molar-refractivity contribution in [2.75, 3.05) is 20.2 Å². The highest BCUT2D eigenvalue weighted by molar-refractivity contribution is 5.91. The Balaban J connectivity index is 1.12. The van der Waals surface area contributed by atoms with E-state index >= 15 is 0 Å². The van der Waals surface area contributed by atoms with Crippen LogP contribution in [0.2, 0.25) is 0 Å². The predicted octanol–water partition coefficient (Wildman–Crippen LogP) is 8.42. The molecule has 5 aromatic carbocycles. The van der Waals surface area contributed by atoms with Crippen LogP contribution in [0.4, 0.5) is 4.79 Å².